The number of ether oxygens (including phenoxy) is 1. The molecule has 4 nitrogen and oxygen atoms in total. The van der Waals surface area contributed by atoms with E-state index >= 15 is 0 Å². The first-order valence-electron chi connectivity index (χ1n) is 6.91. The minimum Gasteiger partial charge on any atom is -0.378 e. The van der Waals surface area contributed by atoms with E-state index in [0.717, 1.165) is 30.4 Å². The van der Waals surface area contributed by atoms with Gasteiger partial charge in [0.1, 0.15) is 0 Å². The van der Waals surface area contributed by atoms with Gasteiger partial charge in [-0.25, -0.2) is 4.98 Å². The van der Waals surface area contributed by atoms with Crippen LogP contribution >= 0.6 is 11.3 Å². The summed E-state index contributed by atoms with van der Waals surface area (Å²) in [6.07, 6.45) is 1.56. The van der Waals surface area contributed by atoms with Crippen molar-refractivity contribution in [2.45, 2.75) is 39.8 Å². The van der Waals surface area contributed by atoms with Gasteiger partial charge in [0.25, 0.3) is 0 Å². The molecule has 0 amide bonds. The van der Waals surface area contributed by atoms with Gasteiger partial charge in [0, 0.05) is 30.8 Å². The summed E-state index contributed by atoms with van der Waals surface area (Å²) in [5.41, 5.74) is 3.70. The Kier molecular flexibility index (Phi) is 3.60. The smallest absolute Gasteiger partial charge is 0.194 e. The maximum atomic E-state index is 5.60. The SMILES string of the molecule is Cc1nc2scc(C)n2c1CNCC1CCOC1C. The van der Waals surface area contributed by atoms with Gasteiger partial charge in [0.2, 0.25) is 0 Å². The molecular weight excluding hydrogens is 258 g/mol. The summed E-state index contributed by atoms with van der Waals surface area (Å²) in [5.74, 6) is 0.646. The van der Waals surface area contributed by atoms with Crippen LogP contribution in [0.2, 0.25) is 0 Å². The van der Waals surface area contributed by atoms with Crippen molar-refractivity contribution >= 4 is 16.3 Å². The summed E-state index contributed by atoms with van der Waals surface area (Å²) in [6.45, 7) is 9.22. The summed E-state index contributed by atoms with van der Waals surface area (Å²) in [4.78, 5) is 5.72. The summed E-state index contributed by atoms with van der Waals surface area (Å²) >= 11 is 1.71. The van der Waals surface area contributed by atoms with Gasteiger partial charge in [-0.1, -0.05) is 0 Å². The summed E-state index contributed by atoms with van der Waals surface area (Å²) in [7, 11) is 0. The largest absolute Gasteiger partial charge is 0.378 e. The van der Waals surface area contributed by atoms with E-state index in [1.165, 1.54) is 17.8 Å². The van der Waals surface area contributed by atoms with Crippen molar-refractivity contribution < 1.29 is 4.74 Å². The van der Waals surface area contributed by atoms with E-state index in [9.17, 15) is 0 Å². The monoisotopic (exact) mass is 279 g/mol. The second-order valence-corrected chi connectivity index (χ2v) is 6.23. The van der Waals surface area contributed by atoms with Crippen LogP contribution in [0.1, 0.15) is 30.4 Å². The molecule has 0 bridgehead atoms. The van der Waals surface area contributed by atoms with Gasteiger partial charge in [-0.2, -0.15) is 0 Å². The molecule has 3 heterocycles. The molecule has 1 saturated heterocycles. The molecule has 1 N–H and O–H groups in total. The molecule has 1 aliphatic rings. The Labute approximate surface area is 117 Å². The molecule has 0 saturated carbocycles. The van der Waals surface area contributed by atoms with E-state index in [1.807, 2.05) is 0 Å². The third-order valence-corrected chi connectivity index (χ3v) is 5.01. The fraction of sp³-hybridized carbons (Fsp3) is 0.643. The summed E-state index contributed by atoms with van der Waals surface area (Å²) in [6, 6.07) is 0. The van der Waals surface area contributed by atoms with Crippen molar-refractivity contribution in [1.82, 2.24) is 14.7 Å². The Hall–Kier alpha value is -0.910. The molecule has 0 aromatic carbocycles. The molecular formula is C14H21N3OS. The highest BCUT2D eigenvalue weighted by Gasteiger charge is 2.23. The number of hydrogen-bond acceptors (Lipinski definition) is 4. The second kappa shape index (κ2) is 5.23. The number of fused-ring (bicyclic) bond motifs is 1. The van der Waals surface area contributed by atoms with Crippen LogP contribution in [0, 0.1) is 19.8 Å². The molecule has 2 unspecified atom stereocenters. The minimum atomic E-state index is 0.391. The summed E-state index contributed by atoms with van der Waals surface area (Å²) < 4.78 is 7.86. The molecule has 19 heavy (non-hydrogen) atoms. The van der Waals surface area contributed by atoms with Gasteiger partial charge in [0.15, 0.2) is 4.96 Å². The Bertz CT molecular complexity index is 575. The molecule has 5 heteroatoms. The fourth-order valence-corrected chi connectivity index (χ4v) is 3.73. The number of nitrogens with zero attached hydrogens (tertiary/aromatic N) is 2. The molecule has 0 radical (unpaired) electrons. The predicted molar refractivity (Wildman–Crippen MR) is 77.8 cm³/mol. The first kappa shape index (κ1) is 13.1. The zero-order chi connectivity index (χ0) is 13.4. The lowest BCUT2D eigenvalue weighted by Gasteiger charge is -2.14. The van der Waals surface area contributed by atoms with Crippen molar-refractivity contribution in [2.24, 2.45) is 5.92 Å². The van der Waals surface area contributed by atoms with Crippen LogP contribution in [-0.2, 0) is 11.3 Å². The van der Waals surface area contributed by atoms with Crippen LogP contribution in [0.5, 0.6) is 0 Å². The maximum Gasteiger partial charge on any atom is 0.194 e. The zero-order valence-corrected chi connectivity index (χ0v) is 12.6. The maximum absolute atomic E-state index is 5.60. The van der Waals surface area contributed by atoms with E-state index < -0.39 is 0 Å². The van der Waals surface area contributed by atoms with E-state index in [2.05, 4.69) is 40.9 Å². The topological polar surface area (TPSA) is 38.6 Å². The van der Waals surface area contributed by atoms with E-state index in [-0.39, 0.29) is 0 Å². The van der Waals surface area contributed by atoms with E-state index in [4.69, 9.17) is 4.74 Å². The Balaban J connectivity index is 1.68. The van der Waals surface area contributed by atoms with Gasteiger partial charge in [-0.15, -0.1) is 11.3 Å². The lowest BCUT2D eigenvalue weighted by Crippen LogP contribution is -2.27. The normalized spacial score (nSPS) is 23.5. The molecule has 1 aliphatic heterocycles. The molecule has 0 spiro atoms. The highest BCUT2D eigenvalue weighted by Crippen LogP contribution is 2.22. The molecule has 0 aliphatic carbocycles. The van der Waals surface area contributed by atoms with Crippen LogP contribution in [0.3, 0.4) is 0 Å². The number of aryl methyl sites for hydroxylation is 2. The Morgan fingerprint density at radius 2 is 2.37 bits per heavy atom. The van der Waals surface area contributed by atoms with Crippen molar-refractivity contribution in [1.29, 1.82) is 0 Å². The third-order valence-electron chi connectivity index (χ3n) is 4.06. The number of hydrogen-bond donors (Lipinski definition) is 1. The number of thiazole rings is 1. The zero-order valence-electron chi connectivity index (χ0n) is 11.8. The molecule has 2 aromatic heterocycles. The third kappa shape index (κ3) is 2.42. The standard InChI is InChI=1S/C14H21N3OS/c1-9-8-19-14-16-10(2)13(17(9)14)7-15-6-12-4-5-18-11(12)3/h8,11-12,15H,4-7H2,1-3H3. The van der Waals surface area contributed by atoms with E-state index in [1.54, 1.807) is 11.3 Å². The van der Waals surface area contributed by atoms with Gasteiger partial charge in [0.05, 0.1) is 17.5 Å². The number of nitrogens with one attached hydrogen (secondary N) is 1. The molecule has 2 aromatic rings. The van der Waals surface area contributed by atoms with Gasteiger partial charge >= 0.3 is 0 Å². The van der Waals surface area contributed by atoms with Crippen molar-refractivity contribution in [3.05, 3.63) is 22.5 Å². The number of aromatic nitrogens is 2. The molecule has 1 fully saturated rings. The average molecular weight is 279 g/mol. The highest BCUT2D eigenvalue weighted by atomic mass is 32.1. The lowest BCUT2D eigenvalue weighted by atomic mass is 10.0. The second-order valence-electron chi connectivity index (χ2n) is 5.39. The van der Waals surface area contributed by atoms with Crippen LogP contribution in [0.4, 0.5) is 0 Å². The quantitative estimate of drug-likeness (QED) is 0.934. The Morgan fingerprint density at radius 3 is 3.11 bits per heavy atom. The van der Waals surface area contributed by atoms with Crippen LogP contribution in [0.15, 0.2) is 5.38 Å². The van der Waals surface area contributed by atoms with Crippen molar-refractivity contribution in [3.8, 4) is 0 Å². The van der Waals surface area contributed by atoms with Crippen LogP contribution in [-0.4, -0.2) is 28.6 Å². The molecule has 2 atom stereocenters. The van der Waals surface area contributed by atoms with Gasteiger partial charge in [-0.3, -0.25) is 4.40 Å². The summed E-state index contributed by atoms with van der Waals surface area (Å²) in [5, 5.41) is 5.74. The predicted octanol–water partition coefficient (Wildman–Crippen LogP) is 2.53. The molecule has 3 rings (SSSR count). The fourth-order valence-electron chi connectivity index (χ4n) is 2.80. The first-order chi connectivity index (χ1) is 9.16. The molecule has 104 valence electrons. The highest BCUT2D eigenvalue weighted by molar-refractivity contribution is 7.15. The first-order valence-corrected chi connectivity index (χ1v) is 7.79. The van der Waals surface area contributed by atoms with Crippen LogP contribution < -0.4 is 5.32 Å². The van der Waals surface area contributed by atoms with Crippen molar-refractivity contribution in [3.63, 3.8) is 0 Å². The van der Waals surface area contributed by atoms with Crippen molar-refractivity contribution in [2.75, 3.05) is 13.2 Å². The van der Waals surface area contributed by atoms with Gasteiger partial charge < -0.3 is 10.1 Å². The minimum absolute atomic E-state index is 0.391. The van der Waals surface area contributed by atoms with E-state index in [0.29, 0.717) is 12.0 Å². The number of imidazole rings is 1. The number of rotatable bonds is 4. The van der Waals surface area contributed by atoms with Gasteiger partial charge in [-0.05, 0) is 33.1 Å². The average Bonchev–Trinajstić information content (AvgIpc) is 3.01. The van der Waals surface area contributed by atoms with Crippen LogP contribution in [0.25, 0.3) is 4.96 Å². The Morgan fingerprint density at radius 1 is 1.53 bits per heavy atom. The lowest BCUT2D eigenvalue weighted by molar-refractivity contribution is 0.105.